The molecule has 162 valence electrons. The number of carbonyl (C=O) groups is 2. The lowest BCUT2D eigenvalue weighted by Gasteiger charge is -2.12. The number of imidazole rings is 1. The number of aromatic nitrogens is 2. The largest absolute Gasteiger partial charge is 0.349 e. The minimum absolute atomic E-state index is 0.0529. The first kappa shape index (κ1) is 20.8. The summed E-state index contributed by atoms with van der Waals surface area (Å²) in [6, 6.07) is 11.5. The molecule has 1 fully saturated rings. The van der Waals surface area contributed by atoms with Crippen molar-refractivity contribution in [1.82, 2.24) is 25.5 Å². The molecule has 1 aliphatic rings. The number of halogens is 1. The topological polar surface area (TPSA) is 88.0 Å². The van der Waals surface area contributed by atoms with Crippen LogP contribution in [0.3, 0.4) is 0 Å². The first-order valence-electron chi connectivity index (χ1n) is 10.6. The van der Waals surface area contributed by atoms with Crippen molar-refractivity contribution in [1.29, 1.82) is 0 Å². The average Bonchev–Trinajstić information content (AvgIpc) is 3.43. The van der Waals surface area contributed by atoms with Gasteiger partial charge in [-0.1, -0.05) is 25.0 Å². The number of hydrogen-bond acceptors (Lipinski definition) is 3. The standard InChI is InChI=1S/C23H26FN5O2/c24-18-8-5-16(6-9-18)14-26-23(31)25-11-12-29-15-27-20-13-17(7-10-21(20)29)22(30)28-19-3-1-2-4-19/h5-10,13,15,19H,1-4,11-12,14H2,(H,28,30)(H2,25,26,31). The molecule has 3 aromatic rings. The Morgan fingerprint density at radius 3 is 2.61 bits per heavy atom. The van der Waals surface area contributed by atoms with E-state index in [2.05, 4.69) is 20.9 Å². The van der Waals surface area contributed by atoms with Gasteiger partial charge in [-0.05, 0) is 48.7 Å². The van der Waals surface area contributed by atoms with Crippen molar-refractivity contribution in [3.05, 3.63) is 65.7 Å². The van der Waals surface area contributed by atoms with Crippen molar-refractivity contribution < 1.29 is 14.0 Å². The van der Waals surface area contributed by atoms with Crippen LogP contribution in [0.1, 0.15) is 41.6 Å². The van der Waals surface area contributed by atoms with Gasteiger partial charge in [-0.3, -0.25) is 4.79 Å². The van der Waals surface area contributed by atoms with Gasteiger partial charge in [0.1, 0.15) is 5.82 Å². The fourth-order valence-electron chi connectivity index (χ4n) is 3.86. The van der Waals surface area contributed by atoms with Gasteiger partial charge in [-0.25, -0.2) is 14.2 Å². The van der Waals surface area contributed by atoms with Crippen LogP contribution in [0.25, 0.3) is 11.0 Å². The van der Waals surface area contributed by atoms with Crippen LogP contribution in [0.15, 0.2) is 48.8 Å². The molecule has 0 aliphatic heterocycles. The fourth-order valence-corrected chi connectivity index (χ4v) is 3.86. The molecule has 8 heteroatoms. The minimum atomic E-state index is -0.303. The predicted molar refractivity (Wildman–Crippen MR) is 116 cm³/mol. The third kappa shape index (κ3) is 5.39. The maximum atomic E-state index is 12.9. The summed E-state index contributed by atoms with van der Waals surface area (Å²) in [6.45, 7) is 1.30. The third-order valence-corrected chi connectivity index (χ3v) is 5.58. The van der Waals surface area contributed by atoms with E-state index >= 15 is 0 Å². The van der Waals surface area contributed by atoms with Crippen molar-refractivity contribution >= 4 is 23.0 Å². The van der Waals surface area contributed by atoms with Crippen LogP contribution < -0.4 is 16.0 Å². The molecule has 2 aromatic carbocycles. The summed E-state index contributed by atoms with van der Waals surface area (Å²) in [6.07, 6.45) is 6.15. The highest BCUT2D eigenvalue weighted by atomic mass is 19.1. The van der Waals surface area contributed by atoms with Crippen molar-refractivity contribution in [2.24, 2.45) is 0 Å². The molecule has 31 heavy (non-hydrogen) atoms. The normalized spacial score (nSPS) is 14.0. The highest BCUT2D eigenvalue weighted by molar-refractivity contribution is 5.97. The summed E-state index contributed by atoms with van der Waals surface area (Å²) in [7, 11) is 0. The zero-order valence-corrected chi connectivity index (χ0v) is 17.2. The maximum Gasteiger partial charge on any atom is 0.315 e. The quantitative estimate of drug-likeness (QED) is 0.545. The second kappa shape index (κ2) is 9.59. The van der Waals surface area contributed by atoms with Gasteiger partial charge in [0.25, 0.3) is 5.91 Å². The van der Waals surface area contributed by atoms with E-state index in [1.807, 2.05) is 16.7 Å². The Morgan fingerprint density at radius 1 is 1.06 bits per heavy atom. The maximum absolute atomic E-state index is 12.9. The van der Waals surface area contributed by atoms with E-state index < -0.39 is 0 Å². The molecule has 1 aliphatic carbocycles. The van der Waals surface area contributed by atoms with E-state index in [-0.39, 0.29) is 23.8 Å². The van der Waals surface area contributed by atoms with Crippen molar-refractivity contribution in [3.63, 3.8) is 0 Å². The number of benzene rings is 2. The number of hydrogen-bond donors (Lipinski definition) is 3. The second-order valence-electron chi connectivity index (χ2n) is 7.83. The van der Waals surface area contributed by atoms with Crippen LogP contribution in [-0.2, 0) is 13.1 Å². The van der Waals surface area contributed by atoms with Crippen LogP contribution in [0.4, 0.5) is 9.18 Å². The number of urea groups is 1. The van der Waals surface area contributed by atoms with Gasteiger partial charge in [0.2, 0.25) is 0 Å². The molecular formula is C23H26FN5O2. The molecule has 0 bridgehead atoms. The van der Waals surface area contributed by atoms with E-state index in [0.717, 1.165) is 29.4 Å². The number of fused-ring (bicyclic) bond motifs is 1. The van der Waals surface area contributed by atoms with Gasteiger partial charge in [-0.2, -0.15) is 0 Å². The molecular weight excluding hydrogens is 397 g/mol. The van der Waals surface area contributed by atoms with E-state index in [4.69, 9.17) is 0 Å². The molecule has 0 atom stereocenters. The van der Waals surface area contributed by atoms with Gasteiger partial charge >= 0.3 is 6.03 Å². The molecule has 0 unspecified atom stereocenters. The first-order chi connectivity index (χ1) is 15.1. The molecule has 3 N–H and O–H groups in total. The number of nitrogens with one attached hydrogen (secondary N) is 3. The molecule has 0 saturated heterocycles. The van der Waals surface area contributed by atoms with Gasteiger partial charge in [-0.15, -0.1) is 0 Å². The molecule has 1 aromatic heterocycles. The summed E-state index contributed by atoms with van der Waals surface area (Å²) in [5.41, 5.74) is 3.10. The average molecular weight is 423 g/mol. The molecule has 0 spiro atoms. The Balaban J connectivity index is 1.27. The van der Waals surface area contributed by atoms with Crippen molar-refractivity contribution in [2.45, 2.75) is 44.8 Å². The number of nitrogens with zero attached hydrogens (tertiary/aromatic N) is 2. The van der Waals surface area contributed by atoms with Crippen LogP contribution >= 0.6 is 0 Å². The van der Waals surface area contributed by atoms with E-state index in [9.17, 15) is 14.0 Å². The second-order valence-corrected chi connectivity index (χ2v) is 7.83. The minimum Gasteiger partial charge on any atom is -0.349 e. The van der Waals surface area contributed by atoms with Gasteiger partial charge in [0.15, 0.2) is 0 Å². The summed E-state index contributed by atoms with van der Waals surface area (Å²) >= 11 is 0. The van der Waals surface area contributed by atoms with E-state index in [1.165, 1.54) is 25.0 Å². The number of rotatable bonds is 7. The van der Waals surface area contributed by atoms with Gasteiger partial charge in [0.05, 0.1) is 17.4 Å². The SMILES string of the molecule is O=C(NCCn1cnc2cc(C(=O)NC3CCCC3)ccc21)NCc1ccc(F)cc1. The van der Waals surface area contributed by atoms with Gasteiger partial charge < -0.3 is 20.5 Å². The zero-order valence-electron chi connectivity index (χ0n) is 17.2. The Labute approximate surface area is 180 Å². The monoisotopic (exact) mass is 423 g/mol. The van der Waals surface area contributed by atoms with Crippen LogP contribution in [0, 0.1) is 5.82 Å². The number of amides is 3. The molecule has 1 heterocycles. The first-order valence-corrected chi connectivity index (χ1v) is 10.6. The molecule has 1 saturated carbocycles. The lowest BCUT2D eigenvalue weighted by molar-refractivity contribution is 0.0938. The third-order valence-electron chi connectivity index (χ3n) is 5.58. The van der Waals surface area contributed by atoms with Crippen LogP contribution in [0.2, 0.25) is 0 Å². The molecule has 3 amide bonds. The zero-order chi connectivity index (χ0) is 21.6. The molecule has 0 radical (unpaired) electrons. The Kier molecular flexibility index (Phi) is 6.45. The van der Waals surface area contributed by atoms with Crippen molar-refractivity contribution in [3.8, 4) is 0 Å². The predicted octanol–water partition coefficient (Wildman–Crippen LogP) is 3.35. The Bertz CT molecular complexity index is 1060. The molecule has 7 nitrogen and oxygen atoms in total. The van der Waals surface area contributed by atoms with Crippen molar-refractivity contribution in [2.75, 3.05) is 6.54 Å². The Morgan fingerprint density at radius 2 is 1.84 bits per heavy atom. The lowest BCUT2D eigenvalue weighted by atomic mass is 10.1. The lowest BCUT2D eigenvalue weighted by Crippen LogP contribution is -2.36. The highest BCUT2D eigenvalue weighted by Gasteiger charge is 2.18. The summed E-state index contributed by atoms with van der Waals surface area (Å²) < 4.78 is 14.9. The van der Waals surface area contributed by atoms with E-state index in [0.29, 0.717) is 25.2 Å². The molecule has 4 rings (SSSR count). The number of carbonyl (C=O) groups excluding carboxylic acids is 2. The highest BCUT2D eigenvalue weighted by Crippen LogP contribution is 2.19. The van der Waals surface area contributed by atoms with E-state index in [1.54, 1.807) is 24.5 Å². The van der Waals surface area contributed by atoms with Crippen LogP contribution in [-0.4, -0.2) is 34.1 Å². The smallest absolute Gasteiger partial charge is 0.315 e. The van der Waals surface area contributed by atoms with Crippen LogP contribution in [0.5, 0.6) is 0 Å². The summed E-state index contributed by atoms with van der Waals surface area (Å²) in [4.78, 5) is 28.8. The summed E-state index contributed by atoms with van der Waals surface area (Å²) in [5.74, 6) is -0.356. The fraction of sp³-hybridized carbons (Fsp3) is 0.348. The Hall–Kier alpha value is -3.42. The van der Waals surface area contributed by atoms with Gasteiger partial charge in [0, 0.05) is 31.2 Å². The summed E-state index contributed by atoms with van der Waals surface area (Å²) in [5, 5.41) is 8.64.